The molecule has 2 heterocycles. The Hall–Kier alpha value is -1.66. The number of hydrogen-bond donors (Lipinski definition) is 1. The van der Waals surface area contributed by atoms with Crippen LogP contribution in [-0.4, -0.2) is 15.3 Å². The Morgan fingerprint density at radius 2 is 1.91 bits per heavy atom. The number of halogens is 2. The van der Waals surface area contributed by atoms with Gasteiger partial charge in [0.1, 0.15) is 5.65 Å². The highest BCUT2D eigenvalue weighted by molar-refractivity contribution is 9.10. The van der Waals surface area contributed by atoms with E-state index in [-0.39, 0.29) is 5.91 Å². The molecule has 0 aliphatic rings. The van der Waals surface area contributed by atoms with Crippen molar-refractivity contribution in [1.82, 2.24) is 14.7 Å². The van der Waals surface area contributed by atoms with Gasteiger partial charge in [0, 0.05) is 26.9 Å². The van der Waals surface area contributed by atoms with Crippen LogP contribution in [0.3, 0.4) is 0 Å². The molecule has 0 fully saturated rings. The van der Waals surface area contributed by atoms with Gasteiger partial charge >= 0.3 is 0 Å². The topological polar surface area (TPSA) is 46.4 Å². The maximum Gasteiger partial charge on any atom is 0.251 e. The van der Waals surface area contributed by atoms with Gasteiger partial charge in [-0.05, 0) is 58.7 Å². The maximum absolute atomic E-state index is 12.1. The number of nitrogens with zero attached hydrogens (tertiary/aromatic N) is 2. The fourth-order valence-electron chi connectivity index (χ4n) is 2.24. The summed E-state index contributed by atoms with van der Waals surface area (Å²) in [5, 5.41) is 2.89. The summed E-state index contributed by atoms with van der Waals surface area (Å²) >= 11 is 6.82. The molecular formula is C16H13Br2N3O. The molecule has 0 saturated carbocycles. The summed E-state index contributed by atoms with van der Waals surface area (Å²) < 4.78 is 3.91. The van der Waals surface area contributed by atoms with Crippen LogP contribution in [0.5, 0.6) is 0 Å². The van der Waals surface area contributed by atoms with Gasteiger partial charge in [0.15, 0.2) is 0 Å². The van der Waals surface area contributed by atoms with E-state index < -0.39 is 0 Å². The first-order valence-corrected chi connectivity index (χ1v) is 8.29. The Morgan fingerprint density at radius 3 is 2.64 bits per heavy atom. The number of nitrogens with one attached hydrogen (secondary N) is 1. The number of carbonyl (C=O) groups excluding carboxylic acids is 1. The van der Waals surface area contributed by atoms with E-state index in [0.29, 0.717) is 12.1 Å². The number of hydrogen-bond acceptors (Lipinski definition) is 2. The Balaban J connectivity index is 1.75. The van der Waals surface area contributed by atoms with E-state index in [1.807, 2.05) is 41.9 Å². The van der Waals surface area contributed by atoms with E-state index in [1.54, 1.807) is 12.1 Å². The lowest BCUT2D eigenvalue weighted by Gasteiger charge is -2.03. The lowest BCUT2D eigenvalue weighted by atomic mass is 10.2. The number of aryl methyl sites for hydroxylation is 1. The summed E-state index contributed by atoms with van der Waals surface area (Å²) in [4.78, 5) is 16.7. The third kappa shape index (κ3) is 3.23. The van der Waals surface area contributed by atoms with Crippen LogP contribution in [0.1, 0.15) is 21.6 Å². The molecular weight excluding hydrogens is 410 g/mol. The van der Waals surface area contributed by atoms with Crippen LogP contribution in [0.25, 0.3) is 5.65 Å². The van der Waals surface area contributed by atoms with Crippen molar-refractivity contribution in [1.29, 1.82) is 0 Å². The molecule has 1 N–H and O–H groups in total. The molecule has 6 heteroatoms. The van der Waals surface area contributed by atoms with Gasteiger partial charge in [-0.2, -0.15) is 0 Å². The van der Waals surface area contributed by atoms with Gasteiger partial charge in [0.05, 0.1) is 12.2 Å². The average molecular weight is 423 g/mol. The molecule has 0 spiro atoms. The van der Waals surface area contributed by atoms with E-state index >= 15 is 0 Å². The maximum atomic E-state index is 12.1. The molecule has 1 aromatic carbocycles. The van der Waals surface area contributed by atoms with Crippen molar-refractivity contribution in [3.8, 4) is 0 Å². The molecule has 0 unspecified atom stereocenters. The zero-order valence-electron chi connectivity index (χ0n) is 11.8. The fourth-order valence-corrected chi connectivity index (χ4v) is 3.06. The van der Waals surface area contributed by atoms with Gasteiger partial charge in [-0.15, -0.1) is 0 Å². The normalized spacial score (nSPS) is 10.9. The monoisotopic (exact) mass is 421 g/mol. The number of benzene rings is 1. The third-order valence-electron chi connectivity index (χ3n) is 3.29. The van der Waals surface area contributed by atoms with E-state index in [9.17, 15) is 4.79 Å². The van der Waals surface area contributed by atoms with Gasteiger partial charge in [0.25, 0.3) is 5.91 Å². The standard InChI is InChI=1S/C16H13Br2N3O/c1-10-6-13(18)8-21-9-14(20-15(10)21)7-19-16(22)11-2-4-12(17)5-3-11/h2-6,8-9H,7H2,1H3,(H,19,22). The Bertz CT molecular complexity index is 840. The van der Waals surface area contributed by atoms with Gasteiger partial charge in [-0.25, -0.2) is 4.98 Å². The summed E-state index contributed by atoms with van der Waals surface area (Å²) in [5.74, 6) is -0.109. The number of rotatable bonds is 3. The second-order valence-electron chi connectivity index (χ2n) is 4.99. The van der Waals surface area contributed by atoms with Crippen LogP contribution in [0, 0.1) is 6.92 Å². The van der Waals surface area contributed by atoms with Gasteiger partial charge in [0.2, 0.25) is 0 Å². The largest absolute Gasteiger partial charge is 0.346 e. The van der Waals surface area contributed by atoms with Crippen molar-refractivity contribution in [2.24, 2.45) is 0 Å². The molecule has 0 atom stereocenters. The van der Waals surface area contributed by atoms with E-state index in [4.69, 9.17) is 0 Å². The minimum absolute atomic E-state index is 0.109. The number of carbonyl (C=O) groups is 1. The van der Waals surface area contributed by atoms with Crippen LogP contribution >= 0.6 is 31.9 Å². The molecule has 3 rings (SSSR count). The fraction of sp³-hybridized carbons (Fsp3) is 0.125. The molecule has 0 radical (unpaired) electrons. The van der Waals surface area contributed by atoms with Crippen LogP contribution < -0.4 is 5.32 Å². The molecule has 2 aromatic heterocycles. The van der Waals surface area contributed by atoms with Crippen molar-refractivity contribution >= 4 is 43.4 Å². The van der Waals surface area contributed by atoms with E-state index in [1.165, 1.54) is 0 Å². The first-order chi connectivity index (χ1) is 10.5. The second-order valence-corrected chi connectivity index (χ2v) is 6.83. The molecule has 0 aliphatic carbocycles. The molecule has 0 bridgehead atoms. The van der Waals surface area contributed by atoms with Crippen molar-refractivity contribution in [3.05, 3.63) is 68.5 Å². The van der Waals surface area contributed by atoms with Crippen LogP contribution in [0.15, 0.2) is 51.7 Å². The number of imidazole rings is 1. The minimum Gasteiger partial charge on any atom is -0.346 e. The highest BCUT2D eigenvalue weighted by Gasteiger charge is 2.08. The Labute approximate surface area is 144 Å². The highest BCUT2D eigenvalue weighted by atomic mass is 79.9. The smallest absolute Gasteiger partial charge is 0.251 e. The first kappa shape index (κ1) is 15.2. The van der Waals surface area contributed by atoms with Crippen LogP contribution in [0.2, 0.25) is 0 Å². The zero-order chi connectivity index (χ0) is 15.7. The van der Waals surface area contributed by atoms with Crippen molar-refractivity contribution in [3.63, 3.8) is 0 Å². The Morgan fingerprint density at radius 1 is 1.18 bits per heavy atom. The molecule has 0 aliphatic heterocycles. The first-order valence-electron chi connectivity index (χ1n) is 6.70. The Kier molecular flexibility index (Phi) is 4.31. The van der Waals surface area contributed by atoms with Crippen molar-refractivity contribution < 1.29 is 4.79 Å². The summed E-state index contributed by atoms with van der Waals surface area (Å²) in [7, 11) is 0. The van der Waals surface area contributed by atoms with Crippen molar-refractivity contribution in [2.75, 3.05) is 0 Å². The van der Waals surface area contributed by atoms with Crippen LogP contribution in [0.4, 0.5) is 0 Å². The van der Waals surface area contributed by atoms with Gasteiger partial charge in [-0.3, -0.25) is 4.79 Å². The quantitative estimate of drug-likeness (QED) is 0.690. The van der Waals surface area contributed by atoms with E-state index in [2.05, 4.69) is 42.2 Å². The highest BCUT2D eigenvalue weighted by Crippen LogP contribution is 2.17. The number of amides is 1. The minimum atomic E-state index is -0.109. The molecule has 3 aromatic rings. The molecule has 112 valence electrons. The van der Waals surface area contributed by atoms with Crippen molar-refractivity contribution in [2.45, 2.75) is 13.5 Å². The lowest BCUT2D eigenvalue weighted by molar-refractivity contribution is 0.0950. The predicted molar refractivity (Wildman–Crippen MR) is 92.9 cm³/mol. The lowest BCUT2D eigenvalue weighted by Crippen LogP contribution is -2.22. The predicted octanol–water partition coefficient (Wildman–Crippen LogP) is 4.10. The zero-order valence-corrected chi connectivity index (χ0v) is 15.0. The number of pyridine rings is 1. The van der Waals surface area contributed by atoms with Gasteiger partial charge in [-0.1, -0.05) is 15.9 Å². The summed E-state index contributed by atoms with van der Waals surface area (Å²) in [6.45, 7) is 2.41. The van der Waals surface area contributed by atoms with Crippen LogP contribution in [-0.2, 0) is 6.54 Å². The average Bonchev–Trinajstić information content (AvgIpc) is 2.89. The SMILES string of the molecule is Cc1cc(Br)cn2cc(CNC(=O)c3ccc(Br)cc3)nc12. The number of aromatic nitrogens is 2. The third-order valence-corrected chi connectivity index (χ3v) is 4.25. The number of fused-ring (bicyclic) bond motifs is 1. The molecule has 0 saturated heterocycles. The van der Waals surface area contributed by atoms with E-state index in [0.717, 1.165) is 25.8 Å². The molecule has 4 nitrogen and oxygen atoms in total. The molecule has 1 amide bonds. The second kappa shape index (κ2) is 6.22. The summed E-state index contributed by atoms with van der Waals surface area (Å²) in [6.07, 6.45) is 3.88. The molecule has 22 heavy (non-hydrogen) atoms. The van der Waals surface area contributed by atoms with Gasteiger partial charge < -0.3 is 9.72 Å². The summed E-state index contributed by atoms with van der Waals surface area (Å²) in [5.41, 5.74) is 3.44. The summed E-state index contributed by atoms with van der Waals surface area (Å²) in [6, 6.07) is 9.28.